The number of aromatic amines is 1. The maximum Gasteiger partial charge on any atom is 0.254 e. The van der Waals surface area contributed by atoms with Crippen LogP contribution in [-0.2, 0) is 12.8 Å². The molecule has 1 aromatic heterocycles. The summed E-state index contributed by atoms with van der Waals surface area (Å²) in [5.74, 6) is 1.43. The quantitative estimate of drug-likeness (QED) is 0.942. The number of hydrogen-bond acceptors (Lipinski definition) is 3. The molecule has 1 N–H and O–H groups in total. The zero-order chi connectivity index (χ0) is 14.8. The van der Waals surface area contributed by atoms with Crippen LogP contribution < -0.4 is 10.3 Å². The van der Waals surface area contributed by atoms with Gasteiger partial charge in [-0.05, 0) is 51.7 Å². The highest BCUT2D eigenvalue weighted by molar-refractivity contribution is 5.57. The van der Waals surface area contributed by atoms with Crippen molar-refractivity contribution in [2.45, 2.75) is 45.6 Å². The van der Waals surface area contributed by atoms with E-state index >= 15 is 0 Å². The van der Waals surface area contributed by atoms with Gasteiger partial charge in [-0.25, -0.2) is 4.98 Å². The van der Waals surface area contributed by atoms with Gasteiger partial charge < -0.3 is 9.72 Å². The smallest absolute Gasteiger partial charge is 0.254 e. The van der Waals surface area contributed by atoms with Crippen molar-refractivity contribution in [3.63, 3.8) is 0 Å². The van der Waals surface area contributed by atoms with E-state index in [0.717, 1.165) is 48.3 Å². The van der Waals surface area contributed by atoms with Crippen LogP contribution in [0.1, 0.15) is 37.9 Å². The van der Waals surface area contributed by atoms with Crippen molar-refractivity contribution in [3.8, 4) is 17.1 Å². The first-order chi connectivity index (χ1) is 10.1. The molecule has 1 aromatic carbocycles. The number of aromatic nitrogens is 2. The highest BCUT2D eigenvalue weighted by Gasteiger charge is 2.16. The van der Waals surface area contributed by atoms with E-state index in [9.17, 15) is 4.79 Å². The van der Waals surface area contributed by atoms with E-state index in [-0.39, 0.29) is 11.7 Å². The van der Waals surface area contributed by atoms with Gasteiger partial charge in [0.25, 0.3) is 5.56 Å². The van der Waals surface area contributed by atoms with Crippen molar-refractivity contribution in [2.75, 3.05) is 0 Å². The molecule has 0 spiro atoms. The van der Waals surface area contributed by atoms with E-state index in [1.54, 1.807) is 0 Å². The van der Waals surface area contributed by atoms with Crippen LogP contribution in [0.15, 0.2) is 29.1 Å². The molecule has 1 heterocycles. The molecule has 0 bridgehead atoms. The SMILES string of the molecule is CC(C)Oc1cccc(-c2nc3c(c(=O)[nH]2)CCCC3)c1. The molecule has 1 aliphatic carbocycles. The summed E-state index contributed by atoms with van der Waals surface area (Å²) in [6.07, 6.45) is 4.05. The van der Waals surface area contributed by atoms with Gasteiger partial charge in [-0.2, -0.15) is 0 Å². The first-order valence-electron chi connectivity index (χ1n) is 7.52. The van der Waals surface area contributed by atoms with Crippen molar-refractivity contribution in [1.29, 1.82) is 0 Å². The van der Waals surface area contributed by atoms with Gasteiger partial charge in [0, 0.05) is 11.1 Å². The Bertz CT molecular complexity index is 704. The van der Waals surface area contributed by atoms with Crippen molar-refractivity contribution < 1.29 is 4.74 Å². The van der Waals surface area contributed by atoms with Gasteiger partial charge in [-0.15, -0.1) is 0 Å². The zero-order valence-electron chi connectivity index (χ0n) is 12.5. The Hall–Kier alpha value is -2.10. The second kappa shape index (κ2) is 5.72. The topological polar surface area (TPSA) is 55.0 Å². The van der Waals surface area contributed by atoms with Crippen LogP contribution in [0.3, 0.4) is 0 Å². The Morgan fingerprint density at radius 3 is 2.86 bits per heavy atom. The molecular formula is C17H20N2O2. The maximum atomic E-state index is 12.2. The minimum atomic E-state index is 0.00452. The average Bonchev–Trinajstić information content (AvgIpc) is 2.47. The summed E-state index contributed by atoms with van der Waals surface area (Å²) in [7, 11) is 0. The highest BCUT2D eigenvalue weighted by Crippen LogP contribution is 2.23. The molecule has 4 heteroatoms. The largest absolute Gasteiger partial charge is 0.491 e. The molecule has 1 aliphatic rings. The highest BCUT2D eigenvalue weighted by atomic mass is 16.5. The lowest BCUT2D eigenvalue weighted by atomic mass is 9.97. The van der Waals surface area contributed by atoms with Crippen LogP contribution in [0.4, 0.5) is 0 Å². The fourth-order valence-electron chi connectivity index (χ4n) is 2.73. The third kappa shape index (κ3) is 2.99. The predicted octanol–water partition coefficient (Wildman–Crippen LogP) is 3.10. The molecule has 3 rings (SSSR count). The van der Waals surface area contributed by atoms with Gasteiger partial charge in [-0.3, -0.25) is 4.79 Å². The molecule has 0 saturated carbocycles. The van der Waals surface area contributed by atoms with Crippen molar-refractivity contribution in [1.82, 2.24) is 9.97 Å². The first-order valence-corrected chi connectivity index (χ1v) is 7.52. The third-order valence-electron chi connectivity index (χ3n) is 3.67. The Labute approximate surface area is 124 Å². The van der Waals surface area contributed by atoms with E-state index in [4.69, 9.17) is 4.74 Å². The van der Waals surface area contributed by atoms with E-state index in [0.29, 0.717) is 5.82 Å². The van der Waals surface area contributed by atoms with E-state index in [1.807, 2.05) is 38.1 Å². The minimum absolute atomic E-state index is 0.00452. The molecule has 21 heavy (non-hydrogen) atoms. The number of nitrogens with zero attached hydrogens (tertiary/aromatic N) is 1. The van der Waals surface area contributed by atoms with Gasteiger partial charge in [0.1, 0.15) is 11.6 Å². The average molecular weight is 284 g/mol. The molecule has 0 saturated heterocycles. The molecule has 0 amide bonds. The lowest BCUT2D eigenvalue weighted by Gasteiger charge is -2.15. The Balaban J connectivity index is 2.00. The van der Waals surface area contributed by atoms with Crippen LogP contribution >= 0.6 is 0 Å². The van der Waals surface area contributed by atoms with Gasteiger partial charge in [0.15, 0.2) is 0 Å². The number of benzene rings is 1. The summed E-state index contributed by atoms with van der Waals surface area (Å²) in [5, 5.41) is 0. The van der Waals surface area contributed by atoms with Crippen LogP contribution in [0.5, 0.6) is 5.75 Å². The van der Waals surface area contributed by atoms with Gasteiger partial charge in [0.2, 0.25) is 0 Å². The number of hydrogen-bond donors (Lipinski definition) is 1. The summed E-state index contributed by atoms with van der Waals surface area (Å²) < 4.78 is 5.70. The number of nitrogens with one attached hydrogen (secondary N) is 1. The fourth-order valence-corrected chi connectivity index (χ4v) is 2.73. The van der Waals surface area contributed by atoms with Crippen molar-refractivity contribution in [2.24, 2.45) is 0 Å². The van der Waals surface area contributed by atoms with Gasteiger partial charge in [0.05, 0.1) is 11.8 Å². The van der Waals surface area contributed by atoms with Gasteiger partial charge in [-0.1, -0.05) is 12.1 Å². The van der Waals surface area contributed by atoms with E-state index in [2.05, 4.69) is 9.97 Å². The Morgan fingerprint density at radius 1 is 1.24 bits per heavy atom. The molecule has 0 radical (unpaired) electrons. The van der Waals surface area contributed by atoms with Crippen LogP contribution in [0.2, 0.25) is 0 Å². The number of rotatable bonds is 3. The zero-order valence-corrected chi connectivity index (χ0v) is 12.5. The molecule has 2 aromatic rings. The van der Waals surface area contributed by atoms with Crippen LogP contribution in [-0.4, -0.2) is 16.1 Å². The molecule has 0 unspecified atom stereocenters. The lowest BCUT2D eigenvalue weighted by Crippen LogP contribution is -2.21. The van der Waals surface area contributed by atoms with E-state index < -0.39 is 0 Å². The summed E-state index contributed by atoms with van der Waals surface area (Å²) in [4.78, 5) is 19.8. The number of fused-ring (bicyclic) bond motifs is 1. The molecule has 0 atom stereocenters. The van der Waals surface area contributed by atoms with Crippen molar-refractivity contribution in [3.05, 3.63) is 45.9 Å². The molecular weight excluding hydrogens is 264 g/mol. The molecule has 4 nitrogen and oxygen atoms in total. The lowest BCUT2D eigenvalue weighted by molar-refractivity contribution is 0.242. The van der Waals surface area contributed by atoms with Crippen molar-refractivity contribution >= 4 is 0 Å². The molecule has 0 fully saturated rings. The van der Waals surface area contributed by atoms with Gasteiger partial charge >= 0.3 is 0 Å². The molecule has 110 valence electrons. The summed E-state index contributed by atoms with van der Waals surface area (Å²) >= 11 is 0. The summed E-state index contributed by atoms with van der Waals surface area (Å²) in [5.41, 5.74) is 2.71. The number of aryl methyl sites for hydroxylation is 1. The first kappa shape index (κ1) is 13.9. The second-order valence-corrected chi connectivity index (χ2v) is 5.74. The third-order valence-corrected chi connectivity index (χ3v) is 3.67. The number of H-pyrrole nitrogens is 1. The Kier molecular flexibility index (Phi) is 3.78. The van der Waals surface area contributed by atoms with E-state index in [1.165, 1.54) is 0 Å². The van der Waals surface area contributed by atoms with Crippen LogP contribution in [0.25, 0.3) is 11.4 Å². The minimum Gasteiger partial charge on any atom is -0.491 e. The maximum absolute atomic E-state index is 12.2. The Morgan fingerprint density at radius 2 is 2.05 bits per heavy atom. The predicted molar refractivity (Wildman–Crippen MR) is 82.7 cm³/mol. The standard InChI is InChI=1S/C17H20N2O2/c1-11(2)21-13-7-5-6-12(10-13)16-18-15-9-4-3-8-14(15)17(20)19-16/h5-7,10-11H,3-4,8-9H2,1-2H3,(H,18,19,20). The normalized spacial score (nSPS) is 14.0. The number of ether oxygens (including phenoxy) is 1. The summed E-state index contributed by atoms with van der Waals surface area (Å²) in [6, 6.07) is 7.71. The molecule has 0 aliphatic heterocycles. The fraction of sp³-hybridized carbons (Fsp3) is 0.412. The van der Waals surface area contributed by atoms with Crippen LogP contribution in [0, 0.1) is 0 Å². The monoisotopic (exact) mass is 284 g/mol. The summed E-state index contributed by atoms with van der Waals surface area (Å²) in [6.45, 7) is 3.98. The second-order valence-electron chi connectivity index (χ2n) is 5.74.